The van der Waals surface area contributed by atoms with Crippen LogP contribution in [0.3, 0.4) is 0 Å². The zero-order valence-electron chi connectivity index (χ0n) is 11.9. The molecule has 0 amide bonds. The zero-order valence-corrected chi connectivity index (χ0v) is 11.9. The third-order valence-corrected chi connectivity index (χ3v) is 3.99. The number of hydrogen-bond donors (Lipinski definition) is 0. The van der Waals surface area contributed by atoms with Crippen LogP contribution >= 0.6 is 0 Å². The molecule has 0 atom stereocenters. The van der Waals surface area contributed by atoms with Crippen LogP contribution in [-0.2, 0) is 7.05 Å². The van der Waals surface area contributed by atoms with Crippen LogP contribution in [0.4, 0.5) is 5.82 Å². The van der Waals surface area contributed by atoms with Crippen LogP contribution in [0.1, 0.15) is 42.6 Å². The number of nitrogens with zero attached hydrogens (tertiary/aromatic N) is 4. The molecule has 5 heteroatoms. The quantitative estimate of drug-likeness (QED) is 0.788. The van der Waals surface area contributed by atoms with Gasteiger partial charge in [-0.05, 0) is 25.0 Å². The Morgan fingerprint density at radius 1 is 1.10 bits per heavy atom. The van der Waals surface area contributed by atoms with Crippen molar-refractivity contribution in [3.63, 3.8) is 0 Å². The first-order chi connectivity index (χ1) is 9.79. The van der Waals surface area contributed by atoms with Gasteiger partial charge in [0.05, 0.1) is 0 Å². The Labute approximate surface area is 118 Å². The monoisotopic (exact) mass is 272 g/mol. The van der Waals surface area contributed by atoms with Gasteiger partial charge in [0.15, 0.2) is 11.9 Å². The minimum atomic E-state index is 0.467. The van der Waals surface area contributed by atoms with Gasteiger partial charge in [-0.25, -0.2) is 9.67 Å². The summed E-state index contributed by atoms with van der Waals surface area (Å²) < 4.78 is 1.69. The Bertz CT molecular complexity index is 612. The molecule has 1 aliphatic rings. The summed E-state index contributed by atoms with van der Waals surface area (Å²) in [5.74, 6) is 1.000. The van der Waals surface area contributed by atoms with Crippen molar-refractivity contribution in [3.8, 4) is 0 Å². The number of hydrogen-bond acceptors (Lipinski definition) is 4. The summed E-state index contributed by atoms with van der Waals surface area (Å²) in [6.45, 7) is 2.13. The summed E-state index contributed by atoms with van der Waals surface area (Å²) >= 11 is 0. The van der Waals surface area contributed by atoms with E-state index >= 15 is 0 Å². The number of pyridine rings is 1. The highest BCUT2D eigenvalue weighted by Gasteiger charge is 2.14. The second kappa shape index (κ2) is 5.61. The summed E-state index contributed by atoms with van der Waals surface area (Å²) in [5, 5.41) is 5.03. The lowest BCUT2D eigenvalue weighted by atomic mass is 10.1. The van der Waals surface area contributed by atoms with E-state index in [0.29, 0.717) is 5.69 Å². The summed E-state index contributed by atoms with van der Waals surface area (Å²) in [5.41, 5.74) is 1.25. The Hall–Kier alpha value is -1.91. The van der Waals surface area contributed by atoms with Gasteiger partial charge >= 0.3 is 0 Å². The number of fused-ring (bicyclic) bond motifs is 1. The maximum absolute atomic E-state index is 11.0. The van der Waals surface area contributed by atoms with Gasteiger partial charge in [-0.1, -0.05) is 19.3 Å². The van der Waals surface area contributed by atoms with Gasteiger partial charge in [-0.15, -0.1) is 0 Å². The number of aromatic nitrogens is 3. The number of anilines is 1. The number of carbonyl (C=O) groups is 1. The van der Waals surface area contributed by atoms with Gasteiger partial charge in [0, 0.05) is 25.5 Å². The fourth-order valence-corrected chi connectivity index (χ4v) is 2.89. The van der Waals surface area contributed by atoms with Crippen molar-refractivity contribution in [2.75, 3.05) is 18.0 Å². The molecule has 0 saturated carbocycles. The van der Waals surface area contributed by atoms with Gasteiger partial charge in [0.1, 0.15) is 11.5 Å². The van der Waals surface area contributed by atoms with E-state index in [1.165, 1.54) is 32.1 Å². The predicted molar refractivity (Wildman–Crippen MR) is 79.2 cm³/mol. The van der Waals surface area contributed by atoms with Crippen LogP contribution in [-0.4, -0.2) is 34.1 Å². The molecule has 1 saturated heterocycles. The molecule has 0 unspecified atom stereocenters. The predicted octanol–water partition coefficient (Wildman–Crippen LogP) is 2.55. The molecule has 20 heavy (non-hydrogen) atoms. The summed E-state index contributed by atoms with van der Waals surface area (Å²) in [4.78, 5) is 18.1. The van der Waals surface area contributed by atoms with Crippen LogP contribution in [0, 0.1) is 0 Å². The molecule has 106 valence electrons. The van der Waals surface area contributed by atoms with Crippen molar-refractivity contribution in [1.29, 1.82) is 0 Å². The van der Waals surface area contributed by atoms with E-state index in [4.69, 9.17) is 4.98 Å². The third kappa shape index (κ3) is 2.40. The van der Waals surface area contributed by atoms with Crippen molar-refractivity contribution in [2.24, 2.45) is 7.05 Å². The summed E-state index contributed by atoms with van der Waals surface area (Å²) in [7, 11) is 1.83. The highest BCUT2D eigenvalue weighted by molar-refractivity contribution is 5.94. The van der Waals surface area contributed by atoms with Crippen LogP contribution < -0.4 is 4.90 Å². The SMILES string of the molecule is Cn1nc(C=O)c2ccc(N3CCCCCCC3)nc21. The van der Waals surface area contributed by atoms with Crippen LogP contribution in [0.2, 0.25) is 0 Å². The average Bonchev–Trinajstić information content (AvgIpc) is 2.75. The first-order valence-electron chi connectivity index (χ1n) is 7.33. The standard InChI is InChI=1S/C15H20N4O/c1-18-15-12(13(11-20)17-18)7-8-14(16-15)19-9-5-3-2-4-6-10-19/h7-8,11H,2-6,9-10H2,1H3. The van der Waals surface area contributed by atoms with E-state index < -0.39 is 0 Å². The maximum Gasteiger partial charge on any atom is 0.171 e. The molecule has 0 N–H and O–H groups in total. The molecular formula is C15H20N4O. The molecular weight excluding hydrogens is 252 g/mol. The number of aryl methyl sites for hydroxylation is 1. The van der Waals surface area contributed by atoms with E-state index in [1.54, 1.807) is 4.68 Å². The van der Waals surface area contributed by atoms with Gasteiger partial charge < -0.3 is 4.90 Å². The first kappa shape index (κ1) is 13.1. The minimum absolute atomic E-state index is 0.467. The van der Waals surface area contributed by atoms with E-state index in [9.17, 15) is 4.79 Å². The lowest BCUT2D eigenvalue weighted by Crippen LogP contribution is -2.27. The molecule has 1 aliphatic heterocycles. The first-order valence-corrected chi connectivity index (χ1v) is 7.33. The average molecular weight is 272 g/mol. The molecule has 0 aliphatic carbocycles. The zero-order chi connectivity index (χ0) is 13.9. The molecule has 2 aromatic rings. The maximum atomic E-state index is 11.0. The summed E-state index contributed by atoms with van der Waals surface area (Å²) in [6.07, 6.45) is 7.21. The summed E-state index contributed by atoms with van der Waals surface area (Å²) in [6, 6.07) is 3.98. The number of aldehydes is 1. The molecule has 3 heterocycles. The van der Waals surface area contributed by atoms with Crippen LogP contribution in [0.5, 0.6) is 0 Å². The van der Waals surface area contributed by atoms with E-state index in [-0.39, 0.29) is 0 Å². The Morgan fingerprint density at radius 3 is 2.50 bits per heavy atom. The second-order valence-corrected chi connectivity index (χ2v) is 5.42. The normalized spacial score (nSPS) is 16.9. The third-order valence-electron chi connectivity index (χ3n) is 3.99. The fourth-order valence-electron chi connectivity index (χ4n) is 2.89. The molecule has 2 aromatic heterocycles. The van der Waals surface area contributed by atoms with E-state index in [1.807, 2.05) is 19.2 Å². The highest BCUT2D eigenvalue weighted by atomic mass is 16.1. The van der Waals surface area contributed by atoms with Crippen molar-refractivity contribution in [2.45, 2.75) is 32.1 Å². The van der Waals surface area contributed by atoms with Gasteiger partial charge in [0.2, 0.25) is 0 Å². The molecule has 5 nitrogen and oxygen atoms in total. The molecule has 1 fully saturated rings. The Kier molecular flexibility index (Phi) is 3.67. The van der Waals surface area contributed by atoms with Gasteiger partial charge in [-0.2, -0.15) is 5.10 Å². The molecule has 0 radical (unpaired) electrons. The van der Waals surface area contributed by atoms with Crippen molar-refractivity contribution < 1.29 is 4.79 Å². The lowest BCUT2D eigenvalue weighted by Gasteiger charge is -2.25. The Balaban J connectivity index is 1.95. The van der Waals surface area contributed by atoms with E-state index in [2.05, 4.69) is 10.00 Å². The van der Waals surface area contributed by atoms with Crippen LogP contribution in [0.25, 0.3) is 11.0 Å². The van der Waals surface area contributed by atoms with Crippen molar-refractivity contribution >= 4 is 23.1 Å². The minimum Gasteiger partial charge on any atom is -0.357 e. The van der Waals surface area contributed by atoms with Gasteiger partial charge in [-0.3, -0.25) is 4.79 Å². The highest BCUT2D eigenvalue weighted by Crippen LogP contribution is 2.22. The molecule has 0 spiro atoms. The molecule has 3 rings (SSSR count). The Morgan fingerprint density at radius 2 is 1.80 bits per heavy atom. The second-order valence-electron chi connectivity index (χ2n) is 5.42. The smallest absolute Gasteiger partial charge is 0.171 e. The van der Waals surface area contributed by atoms with Crippen molar-refractivity contribution in [3.05, 3.63) is 17.8 Å². The van der Waals surface area contributed by atoms with Gasteiger partial charge in [0.25, 0.3) is 0 Å². The molecule has 0 bridgehead atoms. The topological polar surface area (TPSA) is 51.0 Å². The number of carbonyl (C=O) groups excluding carboxylic acids is 1. The fraction of sp³-hybridized carbons (Fsp3) is 0.533. The van der Waals surface area contributed by atoms with Crippen molar-refractivity contribution in [1.82, 2.24) is 14.8 Å². The largest absolute Gasteiger partial charge is 0.357 e. The lowest BCUT2D eigenvalue weighted by molar-refractivity contribution is 0.111. The van der Waals surface area contributed by atoms with Crippen LogP contribution in [0.15, 0.2) is 12.1 Å². The number of rotatable bonds is 2. The van der Waals surface area contributed by atoms with E-state index in [0.717, 1.165) is 36.2 Å². The molecule has 0 aromatic carbocycles.